The highest BCUT2D eigenvalue weighted by Crippen LogP contribution is 2.30. The summed E-state index contributed by atoms with van der Waals surface area (Å²) < 4.78 is 13.0. The van der Waals surface area contributed by atoms with Crippen LogP contribution in [0.5, 0.6) is 0 Å². The highest BCUT2D eigenvalue weighted by atomic mass is 35.5. The Labute approximate surface area is 203 Å². The van der Waals surface area contributed by atoms with E-state index in [4.69, 9.17) is 11.6 Å². The Morgan fingerprint density at radius 2 is 1.79 bits per heavy atom. The number of nitrogens with zero attached hydrogens (tertiary/aromatic N) is 1. The molecule has 1 heterocycles. The van der Waals surface area contributed by atoms with Gasteiger partial charge in [0, 0.05) is 32.1 Å². The Bertz CT molecular complexity index is 1290. The molecule has 0 saturated carbocycles. The molecule has 33 heavy (non-hydrogen) atoms. The lowest BCUT2D eigenvalue weighted by Crippen LogP contribution is -2.14. The van der Waals surface area contributed by atoms with Crippen LogP contribution in [-0.2, 0) is 4.79 Å². The van der Waals surface area contributed by atoms with Crippen molar-refractivity contribution in [3.63, 3.8) is 0 Å². The number of halogens is 2. The second-order valence-corrected chi connectivity index (χ2v) is 9.16. The van der Waals surface area contributed by atoms with Gasteiger partial charge in [-0.1, -0.05) is 35.9 Å². The van der Waals surface area contributed by atoms with Gasteiger partial charge in [0.2, 0.25) is 5.91 Å². The van der Waals surface area contributed by atoms with E-state index in [1.807, 2.05) is 29.6 Å². The van der Waals surface area contributed by atoms with Crippen LogP contribution in [0, 0.1) is 5.82 Å². The number of carbonyl (C=O) groups excluding carboxylic acids is 2. The molecular weight excluding hydrogens is 481 g/mol. The molecule has 5 nitrogen and oxygen atoms in total. The maximum atomic E-state index is 13.0. The average molecular weight is 498 g/mol. The van der Waals surface area contributed by atoms with Gasteiger partial charge >= 0.3 is 0 Å². The normalized spacial score (nSPS) is 10.6. The summed E-state index contributed by atoms with van der Waals surface area (Å²) in [6, 6.07) is 19.9. The lowest BCUT2D eigenvalue weighted by Gasteiger charge is -2.08. The highest BCUT2D eigenvalue weighted by molar-refractivity contribution is 8.00. The molecule has 0 unspecified atom stereocenters. The second-order valence-electron chi connectivity index (χ2n) is 6.84. The number of amides is 2. The zero-order valence-corrected chi connectivity index (χ0v) is 19.4. The number of nitrogens with one attached hydrogen (secondary N) is 2. The van der Waals surface area contributed by atoms with Crippen LogP contribution in [0.3, 0.4) is 0 Å². The number of hydrogen-bond acceptors (Lipinski definition) is 5. The third-order valence-electron chi connectivity index (χ3n) is 4.47. The van der Waals surface area contributed by atoms with Crippen LogP contribution in [-0.4, -0.2) is 22.6 Å². The van der Waals surface area contributed by atoms with Gasteiger partial charge in [-0.2, -0.15) is 0 Å². The summed E-state index contributed by atoms with van der Waals surface area (Å²) in [6.07, 6.45) is 0. The van der Waals surface area contributed by atoms with E-state index < -0.39 is 5.82 Å². The fourth-order valence-corrected chi connectivity index (χ4v) is 4.61. The van der Waals surface area contributed by atoms with Crippen molar-refractivity contribution in [2.24, 2.45) is 0 Å². The lowest BCUT2D eigenvalue weighted by molar-refractivity contribution is -0.113. The summed E-state index contributed by atoms with van der Waals surface area (Å²) in [5, 5.41) is 8.51. The monoisotopic (exact) mass is 497 g/mol. The first kappa shape index (κ1) is 23.0. The van der Waals surface area contributed by atoms with Crippen molar-refractivity contribution in [2.75, 3.05) is 16.4 Å². The minimum Gasteiger partial charge on any atom is -0.322 e. The van der Waals surface area contributed by atoms with Crippen LogP contribution >= 0.6 is 34.7 Å². The average Bonchev–Trinajstić information content (AvgIpc) is 3.27. The van der Waals surface area contributed by atoms with Crippen molar-refractivity contribution in [1.82, 2.24) is 4.98 Å². The van der Waals surface area contributed by atoms with E-state index in [1.54, 1.807) is 24.3 Å². The summed E-state index contributed by atoms with van der Waals surface area (Å²) in [5.41, 5.74) is 2.45. The van der Waals surface area contributed by atoms with Crippen LogP contribution in [0.15, 0.2) is 83.1 Å². The van der Waals surface area contributed by atoms with E-state index in [9.17, 15) is 14.0 Å². The van der Waals surface area contributed by atoms with E-state index in [0.29, 0.717) is 27.1 Å². The molecule has 4 rings (SSSR count). The number of carbonyl (C=O) groups is 2. The third-order valence-corrected chi connectivity index (χ3v) is 6.55. The van der Waals surface area contributed by atoms with Crippen molar-refractivity contribution in [2.45, 2.75) is 4.90 Å². The number of hydrogen-bond donors (Lipinski definition) is 2. The van der Waals surface area contributed by atoms with Crippen molar-refractivity contribution >= 4 is 57.3 Å². The van der Waals surface area contributed by atoms with Gasteiger partial charge in [0.15, 0.2) is 5.13 Å². The summed E-state index contributed by atoms with van der Waals surface area (Å²) in [6.45, 7) is 0. The first-order chi connectivity index (χ1) is 16.0. The van der Waals surface area contributed by atoms with Crippen LogP contribution in [0.1, 0.15) is 10.4 Å². The van der Waals surface area contributed by atoms with E-state index in [0.717, 1.165) is 10.5 Å². The van der Waals surface area contributed by atoms with Gasteiger partial charge in [0.25, 0.3) is 5.91 Å². The molecule has 4 aromatic rings. The quantitative estimate of drug-likeness (QED) is 0.283. The maximum Gasteiger partial charge on any atom is 0.255 e. The minimum atomic E-state index is -0.402. The maximum absolute atomic E-state index is 13.0. The van der Waals surface area contributed by atoms with Gasteiger partial charge in [-0.15, -0.1) is 23.1 Å². The van der Waals surface area contributed by atoms with E-state index in [1.165, 1.54) is 47.4 Å². The number of aromatic nitrogens is 1. The first-order valence-corrected chi connectivity index (χ1v) is 12.0. The number of rotatable bonds is 7. The van der Waals surface area contributed by atoms with Crippen LogP contribution in [0.4, 0.5) is 15.2 Å². The molecule has 0 saturated heterocycles. The van der Waals surface area contributed by atoms with Crippen molar-refractivity contribution < 1.29 is 14.0 Å². The molecule has 0 aliphatic heterocycles. The molecule has 2 amide bonds. The molecule has 1 aromatic heterocycles. The van der Waals surface area contributed by atoms with Gasteiger partial charge < -0.3 is 10.6 Å². The van der Waals surface area contributed by atoms with Crippen LogP contribution in [0.2, 0.25) is 5.02 Å². The Morgan fingerprint density at radius 1 is 1.00 bits per heavy atom. The molecule has 166 valence electrons. The van der Waals surface area contributed by atoms with E-state index >= 15 is 0 Å². The first-order valence-electron chi connectivity index (χ1n) is 9.78. The number of thioether (sulfide) groups is 1. The van der Waals surface area contributed by atoms with Crippen molar-refractivity contribution in [3.8, 4) is 11.3 Å². The molecule has 0 spiro atoms. The van der Waals surface area contributed by atoms with Gasteiger partial charge in [-0.25, -0.2) is 9.37 Å². The zero-order chi connectivity index (χ0) is 23.2. The van der Waals surface area contributed by atoms with Crippen LogP contribution < -0.4 is 10.6 Å². The second kappa shape index (κ2) is 10.6. The van der Waals surface area contributed by atoms with Gasteiger partial charge in [0.05, 0.1) is 11.4 Å². The summed E-state index contributed by atoms with van der Waals surface area (Å²) in [7, 11) is 0. The SMILES string of the molecule is O=C(CSc1cccc(NC(=O)c2ccc(F)cc2)c1)Nc1nc(-c2ccccc2Cl)cs1. The molecular formula is C24H17ClFN3O2S2. The topological polar surface area (TPSA) is 71.1 Å². The fourth-order valence-electron chi connectivity index (χ4n) is 2.90. The Hall–Kier alpha value is -3.20. The molecule has 0 radical (unpaired) electrons. The summed E-state index contributed by atoms with van der Waals surface area (Å²) >= 11 is 8.87. The number of anilines is 2. The van der Waals surface area contributed by atoms with Gasteiger partial charge in [-0.3, -0.25) is 9.59 Å². The fraction of sp³-hybridized carbons (Fsp3) is 0.0417. The zero-order valence-electron chi connectivity index (χ0n) is 17.0. The number of benzene rings is 3. The molecule has 0 bridgehead atoms. The molecule has 9 heteroatoms. The van der Waals surface area contributed by atoms with Crippen molar-refractivity contribution in [1.29, 1.82) is 0 Å². The molecule has 0 aliphatic rings. The predicted octanol–water partition coefficient (Wildman–Crippen LogP) is 6.59. The summed E-state index contributed by atoms with van der Waals surface area (Å²) in [5.74, 6) is -0.758. The highest BCUT2D eigenvalue weighted by Gasteiger charge is 2.11. The number of thiazole rings is 1. The Morgan fingerprint density at radius 3 is 2.58 bits per heavy atom. The molecule has 2 N–H and O–H groups in total. The van der Waals surface area contributed by atoms with E-state index in [2.05, 4.69) is 15.6 Å². The van der Waals surface area contributed by atoms with E-state index in [-0.39, 0.29) is 17.6 Å². The molecule has 0 fully saturated rings. The summed E-state index contributed by atoms with van der Waals surface area (Å²) in [4.78, 5) is 30.0. The Balaban J connectivity index is 1.32. The minimum absolute atomic E-state index is 0.177. The molecule has 3 aromatic carbocycles. The standard InChI is InChI=1S/C24H17ClFN3O2S2/c25-20-7-2-1-6-19(20)21-13-33-24(28-21)29-22(30)14-32-18-5-3-4-17(12-18)27-23(31)15-8-10-16(26)11-9-15/h1-13H,14H2,(H,27,31)(H,28,29,30). The van der Waals surface area contributed by atoms with Gasteiger partial charge in [0.1, 0.15) is 5.82 Å². The molecule has 0 atom stereocenters. The lowest BCUT2D eigenvalue weighted by atomic mass is 10.2. The Kier molecular flexibility index (Phi) is 7.39. The van der Waals surface area contributed by atoms with Crippen LogP contribution in [0.25, 0.3) is 11.3 Å². The predicted molar refractivity (Wildman–Crippen MR) is 133 cm³/mol. The molecule has 0 aliphatic carbocycles. The third kappa shape index (κ3) is 6.19. The largest absolute Gasteiger partial charge is 0.322 e. The van der Waals surface area contributed by atoms with Crippen molar-refractivity contribution in [3.05, 3.63) is 94.6 Å². The van der Waals surface area contributed by atoms with Gasteiger partial charge in [-0.05, 0) is 48.5 Å². The smallest absolute Gasteiger partial charge is 0.255 e.